The molecule has 4 nitrogen and oxygen atoms in total. The first-order chi connectivity index (χ1) is 7.09. The van der Waals surface area contributed by atoms with Crippen molar-refractivity contribution in [1.29, 1.82) is 0 Å². The lowest BCUT2D eigenvalue weighted by atomic mass is 10.2. The minimum atomic E-state index is -0.162. The van der Waals surface area contributed by atoms with E-state index in [1.807, 2.05) is 0 Å². The Morgan fingerprint density at radius 2 is 2.47 bits per heavy atom. The first kappa shape index (κ1) is 11.0. The first-order valence-corrected chi connectivity index (χ1v) is 5.96. The molecule has 15 heavy (non-hydrogen) atoms. The Bertz CT molecular complexity index is 422. The highest BCUT2D eigenvalue weighted by Gasteiger charge is 2.30. The third kappa shape index (κ3) is 2.03. The number of nitrogens with zero attached hydrogens (tertiary/aromatic N) is 2. The summed E-state index contributed by atoms with van der Waals surface area (Å²) in [5.74, 6) is 0.675. The molecule has 1 saturated heterocycles. The van der Waals surface area contributed by atoms with E-state index in [9.17, 15) is 4.79 Å². The average Bonchev–Trinajstić information content (AvgIpc) is 2.50. The number of hydrogen-bond donors (Lipinski definition) is 1. The monoisotopic (exact) mass is 291 g/mol. The summed E-state index contributed by atoms with van der Waals surface area (Å²) in [6, 6.07) is 0.318. The van der Waals surface area contributed by atoms with Gasteiger partial charge in [-0.2, -0.15) is 0 Å². The molecule has 1 N–H and O–H groups in total. The summed E-state index contributed by atoms with van der Waals surface area (Å²) in [6.45, 7) is 2.81. The zero-order valence-corrected chi connectivity index (χ0v) is 10.5. The molecule has 2 unspecified atom stereocenters. The van der Waals surface area contributed by atoms with Crippen LogP contribution in [0, 0.1) is 0 Å². The molecule has 2 atom stereocenters. The second kappa shape index (κ2) is 4.14. The second-order valence-corrected chi connectivity index (χ2v) is 5.11. The van der Waals surface area contributed by atoms with Gasteiger partial charge in [0.25, 0.3) is 5.56 Å². The zero-order chi connectivity index (χ0) is 11.0. The molecule has 6 heteroatoms. The third-order valence-corrected chi connectivity index (χ3v) is 3.60. The molecule has 1 fully saturated rings. The third-order valence-electron chi connectivity index (χ3n) is 2.57. The van der Waals surface area contributed by atoms with Crippen LogP contribution in [-0.4, -0.2) is 27.9 Å². The van der Waals surface area contributed by atoms with Crippen molar-refractivity contribution >= 4 is 33.3 Å². The standard InChI is InChI=1S/C9H11BrClN3O/c1-5-2-6(11)3-14(5)8-7(10)9(15)13-4-12-8/h4-6H,2-3H2,1H3,(H,12,13,15). The summed E-state index contributed by atoms with van der Waals surface area (Å²) in [4.78, 5) is 20.1. The van der Waals surface area contributed by atoms with Gasteiger partial charge in [0.15, 0.2) is 5.82 Å². The van der Waals surface area contributed by atoms with Crippen LogP contribution in [0.15, 0.2) is 15.6 Å². The number of aromatic nitrogens is 2. The van der Waals surface area contributed by atoms with Gasteiger partial charge in [-0.05, 0) is 29.3 Å². The van der Waals surface area contributed by atoms with E-state index < -0.39 is 0 Å². The number of anilines is 1. The summed E-state index contributed by atoms with van der Waals surface area (Å²) in [6.07, 6.45) is 2.33. The van der Waals surface area contributed by atoms with Gasteiger partial charge in [0.05, 0.1) is 11.7 Å². The fraction of sp³-hybridized carbons (Fsp3) is 0.556. The maximum atomic E-state index is 11.4. The van der Waals surface area contributed by atoms with Crippen LogP contribution in [0.25, 0.3) is 0 Å². The first-order valence-electron chi connectivity index (χ1n) is 4.73. The Kier molecular flexibility index (Phi) is 3.02. The van der Waals surface area contributed by atoms with Gasteiger partial charge >= 0.3 is 0 Å². The number of halogens is 2. The van der Waals surface area contributed by atoms with Crippen molar-refractivity contribution in [1.82, 2.24) is 9.97 Å². The molecule has 0 aromatic carbocycles. The number of hydrogen-bond acceptors (Lipinski definition) is 3. The molecular formula is C9H11BrClN3O. The van der Waals surface area contributed by atoms with Crippen molar-refractivity contribution < 1.29 is 0 Å². The molecule has 2 rings (SSSR count). The van der Waals surface area contributed by atoms with Crippen molar-refractivity contribution in [2.24, 2.45) is 0 Å². The lowest BCUT2D eigenvalue weighted by Gasteiger charge is -2.22. The van der Waals surface area contributed by atoms with Crippen LogP contribution in [-0.2, 0) is 0 Å². The van der Waals surface area contributed by atoms with E-state index >= 15 is 0 Å². The van der Waals surface area contributed by atoms with Crippen LogP contribution in [0.2, 0.25) is 0 Å². The highest BCUT2D eigenvalue weighted by Crippen LogP contribution is 2.29. The van der Waals surface area contributed by atoms with Crippen LogP contribution in [0.5, 0.6) is 0 Å². The molecule has 1 aliphatic heterocycles. The normalized spacial score (nSPS) is 25.9. The van der Waals surface area contributed by atoms with Gasteiger partial charge in [0.2, 0.25) is 0 Å². The van der Waals surface area contributed by atoms with Gasteiger partial charge in [-0.1, -0.05) is 0 Å². The number of alkyl halides is 1. The van der Waals surface area contributed by atoms with Crippen LogP contribution < -0.4 is 10.5 Å². The average molecular weight is 293 g/mol. The van der Waals surface area contributed by atoms with Gasteiger partial charge in [0, 0.05) is 12.6 Å². The lowest BCUT2D eigenvalue weighted by molar-refractivity contribution is 0.724. The molecule has 1 aromatic rings. The van der Waals surface area contributed by atoms with E-state index in [0.717, 1.165) is 13.0 Å². The molecule has 82 valence electrons. The maximum absolute atomic E-state index is 11.4. The van der Waals surface area contributed by atoms with Crippen LogP contribution in [0.3, 0.4) is 0 Å². The summed E-state index contributed by atoms with van der Waals surface area (Å²) >= 11 is 9.32. The quantitative estimate of drug-likeness (QED) is 0.802. The largest absolute Gasteiger partial charge is 0.351 e. The fourth-order valence-electron chi connectivity index (χ4n) is 1.83. The number of aromatic amines is 1. The maximum Gasteiger partial charge on any atom is 0.267 e. The van der Waals surface area contributed by atoms with E-state index in [0.29, 0.717) is 16.3 Å². The molecule has 1 aromatic heterocycles. The van der Waals surface area contributed by atoms with Crippen molar-refractivity contribution in [2.45, 2.75) is 24.8 Å². The zero-order valence-electron chi connectivity index (χ0n) is 8.20. The van der Waals surface area contributed by atoms with Gasteiger partial charge in [-0.3, -0.25) is 4.79 Å². The molecule has 0 amide bonds. The van der Waals surface area contributed by atoms with Crippen molar-refractivity contribution in [3.05, 3.63) is 21.2 Å². The van der Waals surface area contributed by atoms with E-state index in [2.05, 4.69) is 37.7 Å². The van der Waals surface area contributed by atoms with Gasteiger partial charge in [0.1, 0.15) is 4.47 Å². The van der Waals surface area contributed by atoms with Crippen molar-refractivity contribution in [2.75, 3.05) is 11.4 Å². The van der Waals surface area contributed by atoms with Crippen molar-refractivity contribution in [3.8, 4) is 0 Å². The number of H-pyrrole nitrogens is 1. The van der Waals surface area contributed by atoms with Gasteiger partial charge < -0.3 is 9.88 Å². The molecule has 2 heterocycles. The summed E-state index contributed by atoms with van der Waals surface area (Å²) in [7, 11) is 0. The number of nitrogens with one attached hydrogen (secondary N) is 1. The van der Waals surface area contributed by atoms with Crippen LogP contribution in [0.4, 0.5) is 5.82 Å². The van der Waals surface area contributed by atoms with Crippen LogP contribution in [0.1, 0.15) is 13.3 Å². The minimum absolute atomic E-state index is 0.132. The van der Waals surface area contributed by atoms with Crippen LogP contribution >= 0.6 is 27.5 Å². The number of rotatable bonds is 1. The highest BCUT2D eigenvalue weighted by molar-refractivity contribution is 9.10. The Morgan fingerprint density at radius 1 is 1.73 bits per heavy atom. The Balaban J connectivity index is 2.38. The predicted octanol–water partition coefficient (Wildman–Crippen LogP) is 1.74. The molecule has 0 bridgehead atoms. The van der Waals surface area contributed by atoms with Crippen molar-refractivity contribution in [3.63, 3.8) is 0 Å². The molecule has 0 aliphatic carbocycles. The predicted molar refractivity (Wildman–Crippen MR) is 63.6 cm³/mol. The summed E-state index contributed by atoms with van der Waals surface area (Å²) in [5, 5.41) is 0.132. The fourth-order valence-corrected chi connectivity index (χ4v) is 2.69. The Morgan fingerprint density at radius 3 is 3.07 bits per heavy atom. The molecule has 0 spiro atoms. The smallest absolute Gasteiger partial charge is 0.267 e. The Hall–Kier alpha value is -0.550. The second-order valence-electron chi connectivity index (χ2n) is 3.70. The molecule has 1 aliphatic rings. The highest BCUT2D eigenvalue weighted by atomic mass is 79.9. The summed E-state index contributed by atoms with van der Waals surface area (Å²) in [5.41, 5.74) is -0.162. The van der Waals surface area contributed by atoms with E-state index in [1.165, 1.54) is 6.33 Å². The molecular weight excluding hydrogens is 281 g/mol. The van der Waals surface area contributed by atoms with E-state index in [-0.39, 0.29) is 10.9 Å². The van der Waals surface area contributed by atoms with E-state index in [4.69, 9.17) is 11.6 Å². The minimum Gasteiger partial charge on any atom is -0.351 e. The van der Waals surface area contributed by atoms with E-state index in [1.54, 1.807) is 0 Å². The molecule has 0 radical (unpaired) electrons. The SMILES string of the molecule is CC1CC(Cl)CN1c1nc[nH]c(=O)c1Br. The topological polar surface area (TPSA) is 49.0 Å². The van der Waals surface area contributed by atoms with Gasteiger partial charge in [-0.25, -0.2) is 4.98 Å². The Labute approximate surface area is 101 Å². The summed E-state index contributed by atoms with van der Waals surface area (Å²) < 4.78 is 0.475. The molecule has 0 saturated carbocycles. The van der Waals surface area contributed by atoms with Gasteiger partial charge in [-0.15, -0.1) is 11.6 Å². The lowest BCUT2D eigenvalue weighted by Crippen LogP contribution is -2.30.